The fourth-order valence-corrected chi connectivity index (χ4v) is 1.79. The van der Waals surface area contributed by atoms with Gasteiger partial charge in [-0.25, -0.2) is 9.59 Å². The van der Waals surface area contributed by atoms with E-state index < -0.39 is 23.0 Å². The molecule has 0 fully saturated rings. The minimum absolute atomic E-state index is 0.128. The predicted molar refractivity (Wildman–Crippen MR) is 69.5 cm³/mol. The van der Waals surface area contributed by atoms with Crippen LogP contribution in [0.3, 0.4) is 0 Å². The topological polar surface area (TPSA) is 99.0 Å². The highest BCUT2D eigenvalue weighted by molar-refractivity contribution is 5.90. The van der Waals surface area contributed by atoms with Crippen LogP contribution in [0.5, 0.6) is 0 Å². The summed E-state index contributed by atoms with van der Waals surface area (Å²) in [6, 6.07) is 0. The van der Waals surface area contributed by atoms with E-state index in [1.165, 1.54) is 10.9 Å². The molecule has 0 aliphatic heterocycles. The molecule has 1 N–H and O–H groups in total. The van der Waals surface area contributed by atoms with E-state index in [-0.39, 0.29) is 18.7 Å². The molecule has 0 bridgehead atoms. The van der Waals surface area contributed by atoms with Gasteiger partial charge in [-0.05, 0) is 6.92 Å². The summed E-state index contributed by atoms with van der Waals surface area (Å²) in [6.45, 7) is 1.73. The van der Waals surface area contributed by atoms with Gasteiger partial charge in [0.25, 0.3) is 5.56 Å². The summed E-state index contributed by atoms with van der Waals surface area (Å²) in [7, 11) is 1.57. The summed E-state index contributed by atoms with van der Waals surface area (Å²) in [5.74, 6) is -1.67. The lowest BCUT2D eigenvalue weighted by Gasteiger charge is -2.08. The molecule has 8 nitrogen and oxygen atoms in total. The SMILES string of the molecule is CCOC(=O)c1cnn(C)c1Cn1cc(F)c(=O)[nH]c1=O. The number of aromatic nitrogens is 4. The first-order chi connectivity index (χ1) is 9.93. The standard InChI is InChI=1S/C12H13FN4O4/c1-3-21-11(19)7-4-14-16(2)9(7)6-17-5-8(13)10(18)15-12(17)20/h4-5H,3,6H2,1-2H3,(H,15,18,20). The number of esters is 1. The lowest BCUT2D eigenvalue weighted by Crippen LogP contribution is -2.32. The number of halogens is 1. The summed E-state index contributed by atoms with van der Waals surface area (Å²) in [4.78, 5) is 36.2. The van der Waals surface area contributed by atoms with Crippen molar-refractivity contribution in [2.24, 2.45) is 7.05 Å². The van der Waals surface area contributed by atoms with Gasteiger partial charge in [-0.3, -0.25) is 19.0 Å². The van der Waals surface area contributed by atoms with Gasteiger partial charge >= 0.3 is 11.7 Å². The summed E-state index contributed by atoms with van der Waals surface area (Å²) in [6.07, 6.45) is 2.09. The van der Waals surface area contributed by atoms with Crippen LogP contribution in [-0.4, -0.2) is 31.9 Å². The van der Waals surface area contributed by atoms with E-state index in [0.717, 1.165) is 10.8 Å². The van der Waals surface area contributed by atoms with Gasteiger partial charge in [0.1, 0.15) is 5.56 Å². The Hall–Kier alpha value is -2.71. The van der Waals surface area contributed by atoms with Crippen molar-refractivity contribution in [2.75, 3.05) is 6.61 Å². The van der Waals surface area contributed by atoms with Crippen molar-refractivity contribution in [1.82, 2.24) is 19.3 Å². The highest BCUT2D eigenvalue weighted by Gasteiger charge is 2.18. The molecule has 0 unspecified atom stereocenters. The number of hydrogen-bond acceptors (Lipinski definition) is 5. The maximum absolute atomic E-state index is 13.3. The van der Waals surface area contributed by atoms with Gasteiger partial charge in [-0.1, -0.05) is 0 Å². The van der Waals surface area contributed by atoms with E-state index in [0.29, 0.717) is 5.69 Å². The fraction of sp³-hybridized carbons (Fsp3) is 0.333. The molecule has 21 heavy (non-hydrogen) atoms. The van der Waals surface area contributed by atoms with Gasteiger partial charge < -0.3 is 4.74 Å². The van der Waals surface area contributed by atoms with Crippen molar-refractivity contribution < 1.29 is 13.9 Å². The number of hydrogen-bond donors (Lipinski definition) is 1. The molecule has 0 aromatic carbocycles. The summed E-state index contributed by atoms with van der Waals surface area (Å²) >= 11 is 0. The zero-order valence-electron chi connectivity index (χ0n) is 11.4. The van der Waals surface area contributed by atoms with Crippen molar-refractivity contribution in [3.05, 3.63) is 50.3 Å². The van der Waals surface area contributed by atoms with Gasteiger partial charge in [0.15, 0.2) is 0 Å². The first kappa shape index (κ1) is 14.7. The monoisotopic (exact) mass is 296 g/mol. The second-order valence-corrected chi connectivity index (χ2v) is 4.21. The average molecular weight is 296 g/mol. The van der Waals surface area contributed by atoms with Crippen LogP contribution < -0.4 is 11.2 Å². The van der Waals surface area contributed by atoms with Gasteiger partial charge in [-0.2, -0.15) is 9.49 Å². The second-order valence-electron chi connectivity index (χ2n) is 4.21. The number of nitrogens with one attached hydrogen (secondary N) is 1. The van der Waals surface area contributed by atoms with E-state index in [1.807, 2.05) is 4.98 Å². The van der Waals surface area contributed by atoms with Crippen molar-refractivity contribution in [1.29, 1.82) is 0 Å². The Morgan fingerprint density at radius 1 is 1.48 bits per heavy atom. The summed E-state index contributed by atoms with van der Waals surface area (Å²) < 4.78 is 20.4. The van der Waals surface area contributed by atoms with Crippen LogP contribution in [0.4, 0.5) is 4.39 Å². The van der Waals surface area contributed by atoms with Crippen molar-refractivity contribution >= 4 is 5.97 Å². The third-order valence-corrected chi connectivity index (χ3v) is 2.84. The molecule has 0 atom stereocenters. The Bertz CT molecular complexity index is 789. The Morgan fingerprint density at radius 2 is 2.19 bits per heavy atom. The highest BCUT2D eigenvalue weighted by Crippen LogP contribution is 2.10. The first-order valence-electron chi connectivity index (χ1n) is 6.11. The normalized spacial score (nSPS) is 10.6. The number of rotatable bonds is 4. The third kappa shape index (κ3) is 2.91. The first-order valence-corrected chi connectivity index (χ1v) is 6.11. The molecule has 0 aliphatic rings. The molecule has 112 valence electrons. The van der Waals surface area contributed by atoms with Crippen LogP contribution in [0.25, 0.3) is 0 Å². The van der Waals surface area contributed by atoms with Gasteiger partial charge in [0.2, 0.25) is 5.82 Å². The minimum atomic E-state index is -1.09. The number of H-pyrrole nitrogens is 1. The molecule has 2 aromatic rings. The van der Waals surface area contributed by atoms with Crippen LogP contribution >= 0.6 is 0 Å². The fourth-order valence-electron chi connectivity index (χ4n) is 1.79. The van der Waals surface area contributed by atoms with Crippen LogP contribution in [-0.2, 0) is 18.3 Å². The van der Waals surface area contributed by atoms with E-state index in [4.69, 9.17) is 4.74 Å². The summed E-state index contributed by atoms with van der Waals surface area (Å²) in [5, 5.41) is 3.92. The molecule has 2 heterocycles. The number of aromatic amines is 1. The molecular weight excluding hydrogens is 283 g/mol. The van der Waals surface area contributed by atoms with Gasteiger partial charge in [0.05, 0.1) is 31.2 Å². The number of nitrogens with zero attached hydrogens (tertiary/aromatic N) is 3. The average Bonchev–Trinajstić information content (AvgIpc) is 2.78. The number of ether oxygens (including phenoxy) is 1. The van der Waals surface area contributed by atoms with Crippen LogP contribution in [0.15, 0.2) is 22.0 Å². The Kier molecular flexibility index (Phi) is 4.01. The molecule has 0 spiro atoms. The lowest BCUT2D eigenvalue weighted by molar-refractivity contribution is 0.0524. The quantitative estimate of drug-likeness (QED) is 0.776. The van der Waals surface area contributed by atoms with Crippen LogP contribution in [0.1, 0.15) is 23.0 Å². The molecule has 0 saturated carbocycles. The molecule has 9 heteroatoms. The van der Waals surface area contributed by atoms with Crippen LogP contribution in [0, 0.1) is 5.82 Å². The largest absolute Gasteiger partial charge is 0.462 e. The zero-order valence-corrected chi connectivity index (χ0v) is 11.4. The number of carbonyl (C=O) groups excluding carboxylic acids is 1. The number of carbonyl (C=O) groups is 1. The Labute approximate surface area is 117 Å². The van der Waals surface area contributed by atoms with E-state index >= 15 is 0 Å². The highest BCUT2D eigenvalue weighted by atomic mass is 19.1. The predicted octanol–water partition coefficient (Wildman–Crippen LogP) is -0.366. The van der Waals surface area contributed by atoms with Crippen molar-refractivity contribution in [3.63, 3.8) is 0 Å². The minimum Gasteiger partial charge on any atom is -0.462 e. The smallest absolute Gasteiger partial charge is 0.341 e. The Balaban J connectivity index is 2.43. The lowest BCUT2D eigenvalue weighted by atomic mass is 10.2. The summed E-state index contributed by atoms with van der Waals surface area (Å²) in [5.41, 5.74) is -1.33. The maximum atomic E-state index is 13.3. The molecule has 2 aromatic heterocycles. The van der Waals surface area contributed by atoms with E-state index in [2.05, 4.69) is 5.10 Å². The van der Waals surface area contributed by atoms with Crippen molar-refractivity contribution in [2.45, 2.75) is 13.5 Å². The van der Waals surface area contributed by atoms with Crippen molar-refractivity contribution in [3.8, 4) is 0 Å². The molecule has 0 aliphatic carbocycles. The van der Waals surface area contributed by atoms with Gasteiger partial charge in [0, 0.05) is 7.05 Å². The van der Waals surface area contributed by atoms with E-state index in [1.54, 1.807) is 14.0 Å². The zero-order chi connectivity index (χ0) is 15.6. The molecule has 0 radical (unpaired) electrons. The Morgan fingerprint density at radius 3 is 2.86 bits per heavy atom. The molecule has 0 amide bonds. The number of aryl methyl sites for hydroxylation is 1. The van der Waals surface area contributed by atoms with Crippen LogP contribution in [0.2, 0.25) is 0 Å². The maximum Gasteiger partial charge on any atom is 0.341 e. The molecular formula is C12H13FN4O4. The second kappa shape index (κ2) is 5.73. The molecule has 0 saturated heterocycles. The van der Waals surface area contributed by atoms with E-state index in [9.17, 15) is 18.8 Å². The third-order valence-electron chi connectivity index (χ3n) is 2.84. The molecule has 2 rings (SSSR count). The van der Waals surface area contributed by atoms with Gasteiger partial charge in [-0.15, -0.1) is 0 Å².